The Balaban J connectivity index is 1.30. The van der Waals surface area contributed by atoms with Gasteiger partial charge in [-0.15, -0.1) is 10.2 Å². The molecule has 0 radical (unpaired) electrons. The smallest absolute Gasteiger partial charge is 0.301 e. The molecule has 44 heavy (non-hydrogen) atoms. The number of thioether (sulfide) groups is 1. The maximum Gasteiger partial charge on any atom is 0.301 e. The van der Waals surface area contributed by atoms with Crippen molar-refractivity contribution in [2.24, 2.45) is 0 Å². The second kappa shape index (κ2) is 11.4. The molecule has 4 heterocycles. The molecule has 8 nitrogen and oxygen atoms in total. The van der Waals surface area contributed by atoms with Crippen LogP contribution in [0.5, 0.6) is 0 Å². The predicted octanol–water partition coefficient (Wildman–Crippen LogP) is 7.87. The van der Waals surface area contributed by atoms with Crippen LogP contribution in [0, 0.1) is 6.92 Å². The van der Waals surface area contributed by atoms with Gasteiger partial charge in [0.15, 0.2) is 10.1 Å². The number of aliphatic hydroxyl groups excluding tert-OH is 1. The molecule has 218 valence electrons. The van der Waals surface area contributed by atoms with E-state index in [0.717, 1.165) is 16.3 Å². The number of amides is 1. The lowest BCUT2D eigenvalue weighted by atomic mass is 9.96. The van der Waals surface area contributed by atoms with E-state index in [9.17, 15) is 14.7 Å². The van der Waals surface area contributed by atoms with Crippen LogP contribution in [0.3, 0.4) is 0 Å². The van der Waals surface area contributed by atoms with Gasteiger partial charge in [-0.3, -0.25) is 18.9 Å². The maximum atomic E-state index is 13.7. The lowest BCUT2D eigenvalue weighted by Crippen LogP contribution is -2.29. The number of Topliss-reactive ketones (excluding diaryl/α,β-unsaturated/α-hetero) is 1. The minimum absolute atomic E-state index is 0.109. The summed E-state index contributed by atoms with van der Waals surface area (Å²) in [5, 5.41) is 23.4. The molecule has 1 unspecified atom stereocenters. The number of fused-ring (bicyclic) bond motifs is 2. The van der Waals surface area contributed by atoms with E-state index in [4.69, 9.17) is 23.2 Å². The van der Waals surface area contributed by atoms with Gasteiger partial charge in [0.25, 0.3) is 5.78 Å². The van der Waals surface area contributed by atoms with Crippen molar-refractivity contribution >= 4 is 85.3 Å². The van der Waals surface area contributed by atoms with Crippen molar-refractivity contribution in [2.75, 3.05) is 4.90 Å². The zero-order valence-electron chi connectivity index (χ0n) is 22.9. The molecule has 1 aliphatic heterocycles. The van der Waals surface area contributed by atoms with Crippen LogP contribution in [-0.2, 0) is 15.3 Å². The summed E-state index contributed by atoms with van der Waals surface area (Å²) in [5.41, 5.74) is 2.91. The zero-order valence-corrected chi connectivity index (χ0v) is 26.1. The van der Waals surface area contributed by atoms with Crippen LogP contribution in [0.2, 0.25) is 10.0 Å². The molecule has 0 aliphatic carbocycles. The van der Waals surface area contributed by atoms with Gasteiger partial charge in [0, 0.05) is 11.9 Å². The lowest BCUT2D eigenvalue weighted by Gasteiger charge is -2.22. The summed E-state index contributed by atoms with van der Waals surface area (Å²) < 4.78 is 2.30. The lowest BCUT2D eigenvalue weighted by molar-refractivity contribution is -0.132. The number of aryl methyl sites for hydroxylation is 1. The topological polar surface area (TPSA) is 101 Å². The molecule has 0 spiro atoms. The van der Waals surface area contributed by atoms with Gasteiger partial charge in [-0.05, 0) is 53.1 Å². The van der Waals surface area contributed by atoms with Crippen molar-refractivity contribution in [1.29, 1.82) is 0 Å². The third-order valence-electron chi connectivity index (χ3n) is 7.47. The quantitative estimate of drug-likeness (QED) is 0.0639. The summed E-state index contributed by atoms with van der Waals surface area (Å²) in [4.78, 5) is 33.2. The largest absolute Gasteiger partial charge is 0.505 e. The average molecular weight is 659 g/mol. The normalized spacial score (nSPS) is 16.4. The first-order chi connectivity index (χ1) is 21.3. The van der Waals surface area contributed by atoms with Crippen LogP contribution in [0.4, 0.5) is 5.13 Å². The van der Waals surface area contributed by atoms with E-state index in [1.54, 1.807) is 47.9 Å². The summed E-state index contributed by atoms with van der Waals surface area (Å²) in [6.45, 7) is 1.73. The van der Waals surface area contributed by atoms with Gasteiger partial charge >= 0.3 is 5.91 Å². The van der Waals surface area contributed by atoms with Gasteiger partial charge in [-0.25, -0.2) is 4.98 Å². The number of ketones is 1. The van der Waals surface area contributed by atoms with Crippen LogP contribution < -0.4 is 4.90 Å². The van der Waals surface area contributed by atoms with Crippen LogP contribution in [0.25, 0.3) is 22.2 Å². The Hall–Kier alpha value is -4.22. The molecule has 0 saturated carbocycles. The molecule has 3 aromatic heterocycles. The third-order valence-corrected chi connectivity index (χ3v) is 10.3. The Morgan fingerprint density at radius 2 is 1.77 bits per heavy atom. The van der Waals surface area contributed by atoms with Crippen molar-refractivity contribution in [1.82, 2.24) is 19.6 Å². The second-order valence-corrected chi connectivity index (χ2v) is 13.1. The molecule has 1 saturated heterocycles. The minimum Gasteiger partial charge on any atom is -0.505 e. The highest BCUT2D eigenvalue weighted by molar-refractivity contribution is 8.00. The van der Waals surface area contributed by atoms with E-state index in [-0.39, 0.29) is 21.5 Å². The Kier molecular flexibility index (Phi) is 7.37. The summed E-state index contributed by atoms with van der Waals surface area (Å²) in [7, 11) is 0. The summed E-state index contributed by atoms with van der Waals surface area (Å²) in [6.07, 6.45) is 1.73. The predicted molar refractivity (Wildman–Crippen MR) is 175 cm³/mol. The second-order valence-electron chi connectivity index (χ2n) is 10.1. The molecule has 7 rings (SSSR count). The summed E-state index contributed by atoms with van der Waals surface area (Å²) in [5.74, 6) is -1.41. The van der Waals surface area contributed by atoms with E-state index in [1.807, 2.05) is 24.3 Å². The highest BCUT2D eigenvalue weighted by atomic mass is 35.5. The number of rotatable bonds is 6. The first-order valence-electron chi connectivity index (χ1n) is 13.4. The highest BCUT2D eigenvalue weighted by Gasteiger charge is 2.49. The van der Waals surface area contributed by atoms with Crippen LogP contribution in [0.15, 0.2) is 95.0 Å². The molecule has 6 aromatic rings. The van der Waals surface area contributed by atoms with E-state index in [1.165, 1.54) is 28.0 Å². The number of carbonyl (C=O) groups is 2. The van der Waals surface area contributed by atoms with E-state index >= 15 is 0 Å². The molecule has 1 amide bonds. The number of pyridine rings is 1. The molecule has 1 aliphatic rings. The van der Waals surface area contributed by atoms with Crippen molar-refractivity contribution in [2.45, 2.75) is 23.1 Å². The molecule has 1 N–H and O–H groups in total. The van der Waals surface area contributed by atoms with Gasteiger partial charge < -0.3 is 5.11 Å². The average Bonchev–Trinajstić information content (AvgIpc) is 3.70. The van der Waals surface area contributed by atoms with Gasteiger partial charge in [-0.1, -0.05) is 101 Å². The number of hydrogen-bond acceptors (Lipinski definition) is 8. The summed E-state index contributed by atoms with van der Waals surface area (Å²) in [6, 6.07) is 23.5. The first kappa shape index (κ1) is 28.5. The Morgan fingerprint density at radius 1 is 0.977 bits per heavy atom. The number of imidazole rings is 1. The standard InChI is InChI=1S/C32H21Cl2N5O3S2/c1-17-26(38-14-5-4-11-24(38)35-17)28(40)25-27(19-12-13-22(33)23(34)15-19)39(30(42)29(25)41)31-36-37-32(44-31)43-16-20-9-6-8-18-7-2-3-10-21(18)20/h2-15,27,40H,16H2,1H3/b28-25+. The molecule has 12 heteroatoms. The molecular weight excluding hydrogens is 637 g/mol. The molecule has 1 atom stereocenters. The Bertz CT molecular complexity index is 2150. The Labute approximate surface area is 269 Å². The summed E-state index contributed by atoms with van der Waals surface area (Å²) >= 11 is 15.3. The number of benzene rings is 3. The monoisotopic (exact) mass is 657 g/mol. The fraction of sp³-hybridized carbons (Fsp3) is 0.0938. The van der Waals surface area contributed by atoms with Crippen molar-refractivity contribution in [3.8, 4) is 0 Å². The van der Waals surface area contributed by atoms with Gasteiger partial charge in [0.05, 0.1) is 27.4 Å². The van der Waals surface area contributed by atoms with E-state index < -0.39 is 17.7 Å². The minimum atomic E-state index is -1.04. The number of halogens is 2. The van der Waals surface area contributed by atoms with Crippen LogP contribution in [-0.4, -0.2) is 36.4 Å². The van der Waals surface area contributed by atoms with E-state index in [0.29, 0.717) is 37.7 Å². The van der Waals surface area contributed by atoms with Crippen molar-refractivity contribution in [3.63, 3.8) is 0 Å². The molecular formula is C32H21Cl2N5O3S2. The van der Waals surface area contributed by atoms with Crippen molar-refractivity contribution in [3.05, 3.63) is 123 Å². The SMILES string of the molecule is Cc1nc2ccccn2c1/C(O)=C1\C(=O)C(=O)N(c2nnc(SCc3cccc4ccccc34)s2)C1c1ccc(Cl)c(Cl)c1. The number of aromatic nitrogens is 4. The molecule has 1 fully saturated rings. The van der Waals surface area contributed by atoms with Crippen LogP contribution >= 0.6 is 46.3 Å². The van der Waals surface area contributed by atoms with E-state index in [2.05, 4.69) is 39.4 Å². The molecule has 0 bridgehead atoms. The van der Waals surface area contributed by atoms with Gasteiger partial charge in [-0.2, -0.15) is 0 Å². The zero-order chi connectivity index (χ0) is 30.5. The fourth-order valence-electron chi connectivity index (χ4n) is 5.47. The number of nitrogens with zero attached hydrogens (tertiary/aromatic N) is 5. The van der Waals surface area contributed by atoms with Gasteiger partial charge in [0.2, 0.25) is 5.13 Å². The molecule has 3 aromatic carbocycles. The van der Waals surface area contributed by atoms with Gasteiger partial charge in [0.1, 0.15) is 11.3 Å². The number of anilines is 1. The third kappa shape index (κ3) is 4.84. The number of hydrogen-bond donors (Lipinski definition) is 1. The first-order valence-corrected chi connectivity index (χ1v) is 16.0. The fourth-order valence-corrected chi connectivity index (χ4v) is 7.65. The van der Waals surface area contributed by atoms with Crippen molar-refractivity contribution < 1.29 is 14.7 Å². The van der Waals surface area contributed by atoms with Crippen LogP contribution in [0.1, 0.15) is 28.6 Å². The number of carbonyl (C=O) groups excluding carboxylic acids is 2. The maximum absolute atomic E-state index is 13.7. The Morgan fingerprint density at radius 3 is 2.61 bits per heavy atom. The number of aliphatic hydroxyl groups is 1. The highest BCUT2D eigenvalue weighted by Crippen LogP contribution is 2.45.